The summed E-state index contributed by atoms with van der Waals surface area (Å²) in [6.07, 6.45) is -0.709. The van der Waals surface area contributed by atoms with Crippen molar-refractivity contribution in [1.29, 1.82) is 0 Å². The first-order valence-electron chi connectivity index (χ1n) is 5.10. The molecule has 0 saturated heterocycles. The highest BCUT2D eigenvalue weighted by molar-refractivity contribution is 6.33. The first kappa shape index (κ1) is 15.0. The zero-order valence-corrected chi connectivity index (χ0v) is 11.9. The van der Waals surface area contributed by atoms with Gasteiger partial charge in [0.1, 0.15) is 10.8 Å². The van der Waals surface area contributed by atoms with Crippen molar-refractivity contribution in [2.24, 2.45) is 0 Å². The van der Waals surface area contributed by atoms with E-state index < -0.39 is 22.7 Å². The lowest BCUT2D eigenvalue weighted by Crippen LogP contribution is -2.34. The molecule has 0 radical (unpaired) electrons. The first-order chi connectivity index (χ1) is 8.11. The molecule has 0 aromatic carbocycles. The molecular weight excluding hydrogens is 282 g/mol. The van der Waals surface area contributed by atoms with Gasteiger partial charge in [-0.2, -0.15) is 0 Å². The topological polar surface area (TPSA) is 42.4 Å². The smallest absolute Gasteiger partial charge is 0.414 e. The number of hydrogen-bond acceptors (Lipinski definition) is 3. The fraction of sp³-hybridized carbons (Fsp3) is 0.455. The molecule has 0 bridgehead atoms. The molecule has 1 rings (SSSR count). The minimum absolute atomic E-state index is 0.00758. The van der Waals surface area contributed by atoms with Crippen LogP contribution in [0.2, 0.25) is 10.3 Å². The molecule has 0 aliphatic heterocycles. The molecule has 0 N–H and O–H groups in total. The van der Waals surface area contributed by atoms with Crippen molar-refractivity contribution >= 4 is 35.0 Å². The first-order valence-corrected chi connectivity index (χ1v) is 5.85. The van der Waals surface area contributed by atoms with Crippen LogP contribution in [0.3, 0.4) is 0 Å². The van der Waals surface area contributed by atoms with Gasteiger partial charge in [-0.15, -0.1) is 0 Å². The van der Waals surface area contributed by atoms with E-state index in [1.807, 2.05) is 0 Å². The maximum absolute atomic E-state index is 13.7. The molecule has 0 unspecified atom stereocenters. The SMILES string of the molecule is CN(C(=O)OC(C)(C)C)c1cc(Cl)nc(Cl)c1F. The van der Waals surface area contributed by atoms with Gasteiger partial charge >= 0.3 is 6.09 Å². The second-order valence-electron chi connectivity index (χ2n) is 4.61. The van der Waals surface area contributed by atoms with E-state index in [1.54, 1.807) is 20.8 Å². The number of amides is 1. The fourth-order valence-corrected chi connectivity index (χ4v) is 1.55. The molecule has 1 aromatic heterocycles. The van der Waals surface area contributed by atoms with E-state index >= 15 is 0 Å². The van der Waals surface area contributed by atoms with Crippen molar-refractivity contribution in [3.05, 3.63) is 22.2 Å². The second-order valence-corrected chi connectivity index (χ2v) is 5.35. The Morgan fingerprint density at radius 3 is 2.50 bits per heavy atom. The third-order valence-corrected chi connectivity index (χ3v) is 2.34. The van der Waals surface area contributed by atoms with Gasteiger partial charge in [0.05, 0.1) is 5.69 Å². The number of nitrogens with zero attached hydrogens (tertiary/aromatic N) is 2. The molecule has 1 heterocycles. The van der Waals surface area contributed by atoms with Crippen LogP contribution in [-0.4, -0.2) is 23.7 Å². The number of hydrogen-bond donors (Lipinski definition) is 0. The molecule has 0 aliphatic rings. The fourth-order valence-electron chi connectivity index (χ4n) is 1.13. The molecular formula is C11H13Cl2FN2O2. The van der Waals surface area contributed by atoms with Crippen molar-refractivity contribution in [2.75, 3.05) is 11.9 Å². The average Bonchev–Trinajstić information content (AvgIpc) is 2.19. The maximum atomic E-state index is 13.7. The lowest BCUT2D eigenvalue weighted by molar-refractivity contribution is 0.0588. The van der Waals surface area contributed by atoms with E-state index in [2.05, 4.69) is 4.98 Å². The van der Waals surface area contributed by atoms with Crippen LogP contribution in [0.1, 0.15) is 20.8 Å². The number of pyridine rings is 1. The molecule has 0 saturated carbocycles. The van der Waals surface area contributed by atoms with Gasteiger partial charge in [-0.1, -0.05) is 23.2 Å². The van der Waals surface area contributed by atoms with Crippen LogP contribution in [0.25, 0.3) is 0 Å². The van der Waals surface area contributed by atoms with Crippen LogP contribution in [0.5, 0.6) is 0 Å². The zero-order chi connectivity index (χ0) is 14.1. The second kappa shape index (κ2) is 5.28. The van der Waals surface area contributed by atoms with Crippen LogP contribution >= 0.6 is 23.2 Å². The Bertz CT molecular complexity index is 475. The quantitative estimate of drug-likeness (QED) is 0.738. The molecule has 0 atom stereocenters. The number of halogens is 3. The van der Waals surface area contributed by atoms with Gasteiger partial charge in [-0.3, -0.25) is 4.90 Å². The van der Waals surface area contributed by atoms with Crippen molar-refractivity contribution in [3.63, 3.8) is 0 Å². The summed E-state index contributed by atoms with van der Waals surface area (Å²) in [6, 6.07) is 1.20. The normalized spacial score (nSPS) is 11.3. The third kappa shape index (κ3) is 3.71. The summed E-state index contributed by atoms with van der Waals surface area (Å²) < 4.78 is 18.8. The summed E-state index contributed by atoms with van der Waals surface area (Å²) in [5.41, 5.74) is -0.767. The molecule has 4 nitrogen and oxygen atoms in total. The van der Waals surface area contributed by atoms with Gasteiger partial charge in [0.2, 0.25) is 0 Å². The van der Waals surface area contributed by atoms with Crippen LogP contribution in [0, 0.1) is 5.82 Å². The Labute approximate surface area is 115 Å². The summed E-state index contributed by atoms with van der Waals surface area (Å²) in [5, 5.41) is -0.403. The van der Waals surface area contributed by atoms with E-state index in [1.165, 1.54) is 13.1 Å². The van der Waals surface area contributed by atoms with E-state index in [9.17, 15) is 9.18 Å². The van der Waals surface area contributed by atoms with Gasteiger partial charge in [0.25, 0.3) is 0 Å². The molecule has 100 valence electrons. The summed E-state index contributed by atoms with van der Waals surface area (Å²) in [5.74, 6) is -0.825. The number of anilines is 1. The van der Waals surface area contributed by atoms with Crippen molar-refractivity contribution in [3.8, 4) is 0 Å². The van der Waals surface area contributed by atoms with Gasteiger partial charge in [-0.05, 0) is 20.8 Å². The van der Waals surface area contributed by atoms with E-state index in [-0.39, 0.29) is 10.8 Å². The molecule has 0 spiro atoms. The van der Waals surface area contributed by atoms with Gasteiger partial charge in [-0.25, -0.2) is 14.2 Å². The highest BCUT2D eigenvalue weighted by Crippen LogP contribution is 2.27. The summed E-state index contributed by atoms with van der Waals surface area (Å²) >= 11 is 11.2. The van der Waals surface area contributed by atoms with Gasteiger partial charge in [0.15, 0.2) is 11.0 Å². The molecule has 18 heavy (non-hydrogen) atoms. The van der Waals surface area contributed by atoms with Crippen LogP contribution in [0.15, 0.2) is 6.07 Å². The molecule has 0 aliphatic carbocycles. The Balaban J connectivity index is 3.04. The Kier molecular flexibility index (Phi) is 4.40. The largest absolute Gasteiger partial charge is 0.443 e. The lowest BCUT2D eigenvalue weighted by Gasteiger charge is -2.25. The number of ether oxygens (including phenoxy) is 1. The predicted molar refractivity (Wildman–Crippen MR) is 68.9 cm³/mol. The maximum Gasteiger partial charge on any atom is 0.414 e. The standard InChI is InChI=1S/C11H13Cl2FN2O2/c1-11(2,3)18-10(17)16(4)6-5-7(12)15-9(13)8(6)14/h5H,1-4H3. The average molecular weight is 295 g/mol. The minimum Gasteiger partial charge on any atom is -0.443 e. The van der Waals surface area contributed by atoms with E-state index in [4.69, 9.17) is 27.9 Å². The summed E-state index contributed by atoms with van der Waals surface area (Å²) in [4.78, 5) is 16.3. The number of carbonyl (C=O) groups is 1. The number of aromatic nitrogens is 1. The predicted octanol–water partition coefficient (Wildman–Crippen LogP) is 3.90. The van der Waals surface area contributed by atoms with Gasteiger partial charge in [0, 0.05) is 13.1 Å². The van der Waals surface area contributed by atoms with Crippen LogP contribution < -0.4 is 4.90 Å². The van der Waals surface area contributed by atoms with Crippen LogP contribution in [0.4, 0.5) is 14.9 Å². The number of rotatable bonds is 1. The summed E-state index contributed by atoms with van der Waals surface area (Å²) in [6.45, 7) is 5.13. The van der Waals surface area contributed by atoms with Crippen LogP contribution in [-0.2, 0) is 4.74 Å². The van der Waals surface area contributed by atoms with Crippen molar-refractivity contribution in [1.82, 2.24) is 4.98 Å². The van der Waals surface area contributed by atoms with Crippen molar-refractivity contribution in [2.45, 2.75) is 26.4 Å². The molecule has 1 aromatic rings. The highest BCUT2D eigenvalue weighted by Gasteiger charge is 2.24. The Hall–Kier alpha value is -1.07. The van der Waals surface area contributed by atoms with E-state index in [0.717, 1.165) is 4.90 Å². The lowest BCUT2D eigenvalue weighted by atomic mass is 10.2. The zero-order valence-electron chi connectivity index (χ0n) is 10.4. The Morgan fingerprint density at radius 2 is 2.00 bits per heavy atom. The van der Waals surface area contributed by atoms with Crippen molar-refractivity contribution < 1.29 is 13.9 Å². The molecule has 7 heteroatoms. The molecule has 0 fully saturated rings. The highest BCUT2D eigenvalue weighted by atomic mass is 35.5. The monoisotopic (exact) mass is 294 g/mol. The minimum atomic E-state index is -0.825. The molecule has 1 amide bonds. The van der Waals surface area contributed by atoms with E-state index in [0.29, 0.717) is 0 Å². The third-order valence-electron chi connectivity index (χ3n) is 1.90. The summed E-state index contributed by atoms with van der Waals surface area (Å²) in [7, 11) is 1.36. The Morgan fingerprint density at radius 1 is 1.44 bits per heavy atom. The van der Waals surface area contributed by atoms with Gasteiger partial charge < -0.3 is 4.74 Å². The number of carbonyl (C=O) groups excluding carboxylic acids is 1.